The zero-order valence-electron chi connectivity index (χ0n) is 27.7. The van der Waals surface area contributed by atoms with Gasteiger partial charge in [-0.2, -0.15) is 5.26 Å². The Kier molecular flexibility index (Phi) is 8.55. The Morgan fingerprint density at radius 2 is 1.98 bits per heavy atom. The first-order valence-electron chi connectivity index (χ1n) is 16.9. The fraction of sp³-hybridized carbons (Fsp3) is 0.459. The summed E-state index contributed by atoms with van der Waals surface area (Å²) in [5.74, 6) is 1.53. The molecular weight excluding hydrogens is 629 g/mol. The van der Waals surface area contributed by atoms with Gasteiger partial charge in [-0.3, -0.25) is 9.69 Å². The average molecular weight is 670 g/mol. The second-order valence-electron chi connectivity index (χ2n) is 13.9. The van der Waals surface area contributed by atoms with Gasteiger partial charge in [0.05, 0.1) is 11.2 Å². The van der Waals surface area contributed by atoms with E-state index in [1.165, 1.54) is 35.7 Å². The molecule has 2 bridgehead atoms. The summed E-state index contributed by atoms with van der Waals surface area (Å²) in [5.41, 5.74) is 4.59. The summed E-state index contributed by atoms with van der Waals surface area (Å²) in [6.45, 7) is 9.84. The van der Waals surface area contributed by atoms with Gasteiger partial charge in [-0.15, -0.1) is 0 Å². The van der Waals surface area contributed by atoms with E-state index in [1.54, 1.807) is 6.20 Å². The number of nitrogens with zero attached hydrogens (tertiary/aromatic N) is 5. The quantitative estimate of drug-likeness (QED) is 0.172. The number of rotatable bonds is 11. The highest BCUT2D eigenvalue weighted by Crippen LogP contribution is 2.73. The van der Waals surface area contributed by atoms with Crippen LogP contribution in [0.15, 0.2) is 48.9 Å². The topological polar surface area (TPSA) is 108 Å². The molecule has 0 radical (unpaired) electrons. The highest BCUT2D eigenvalue weighted by Gasteiger charge is 2.73. The second kappa shape index (κ2) is 12.7. The van der Waals surface area contributed by atoms with Crippen molar-refractivity contribution in [1.82, 2.24) is 24.8 Å². The van der Waals surface area contributed by atoms with Crippen molar-refractivity contribution >= 4 is 34.2 Å². The van der Waals surface area contributed by atoms with Gasteiger partial charge in [0.1, 0.15) is 29.7 Å². The number of carbonyl (C=O) groups excluding carboxylic acids is 1. The van der Waals surface area contributed by atoms with E-state index in [1.807, 2.05) is 6.92 Å². The van der Waals surface area contributed by atoms with Crippen molar-refractivity contribution in [3.8, 4) is 17.6 Å². The number of hydrogen-bond acceptors (Lipinski definition) is 7. The lowest BCUT2D eigenvalue weighted by atomic mass is 9.32. The van der Waals surface area contributed by atoms with Gasteiger partial charge in [0.2, 0.25) is 5.91 Å². The summed E-state index contributed by atoms with van der Waals surface area (Å²) in [6, 6.07) is 13.1. The first kappa shape index (κ1) is 32.4. The molecule has 8 rings (SSSR count). The van der Waals surface area contributed by atoms with Crippen LogP contribution in [0.5, 0.6) is 11.5 Å². The van der Waals surface area contributed by atoms with Crippen LogP contribution in [0.4, 0.5) is 10.2 Å². The number of nitriles is 1. The molecule has 2 aromatic heterocycles. The molecule has 0 spiro atoms. The van der Waals surface area contributed by atoms with Crippen LogP contribution in [0.3, 0.4) is 0 Å². The normalized spacial score (nSPS) is 23.6. The summed E-state index contributed by atoms with van der Waals surface area (Å²) in [6.07, 6.45) is 8.54. The molecule has 1 saturated heterocycles. The Labute approximate surface area is 285 Å². The van der Waals surface area contributed by atoms with Crippen LogP contribution < -0.4 is 15.4 Å². The van der Waals surface area contributed by atoms with Crippen LogP contribution >= 0.6 is 11.6 Å². The third-order valence-electron chi connectivity index (χ3n) is 11.3. The monoisotopic (exact) mass is 669 g/mol. The Hall–Kier alpha value is -4.20. The molecule has 3 saturated carbocycles. The second-order valence-corrected chi connectivity index (χ2v) is 14.3. The first-order valence-corrected chi connectivity index (χ1v) is 17.3. The molecule has 1 aliphatic heterocycles. The van der Waals surface area contributed by atoms with Crippen molar-refractivity contribution in [2.24, 2.45) is 11.3 Å². The van der Waals surface area contributed by atoms with Crippen molar-refractivity contribution in [3.05, 3.63) is 76.6 Å². The minimum absolute atomic E-state index is 0.00675. The molecule has 2 N–H and O–H groups in total. The van der Waals surface area contributed by atoms with Crippen molar-refractivity contribution < 1.29 is 13.9 Å². The number of aryl methyl sites for hydroxylation is 2. The highest BCUT2D eigenvalue weighted by atomic mass is 35.5. The maximum atomic E-state index is 13.5. The van der Waals surface area contributed by atoms with Gasteiger partial charge in [0, 0.05) is 55.1 Å². The van der Waals surface area contributed by atoms with E-state index in [-0.39, 0.29) is 27.9 Å². The fourth-order valence-electron chi connectivity index (χ4n) is 8.30. The Morgan fingerprint density at radius 3 is 2.69 bits per heavy atom. The zero-order valence-corrected chi connectivity index (χ0v) is 28.4. The van der Waals surface area contributed by atoms with E-state index in [0.717, 1.165) is 69.2 Å². The zero-order chi connectivity index (χ0) is 33.6. The van der Waals surface area contributed by atoms with E-state index in [0.29, 0.717) is 35.3 Å². The van der Waals surface area contributed by atoms with Crippen LogP contribution in [-0.4, -0.2) is 50.0 Å². The lowest BCUT2D eigenvalue weighted by molar-refractivity contribution is -0.226. The minimum atomic E-state index is -0.429. The number of carbonyl (C=O) groups is 1. The molecule has 48 heavy (non-hydrogen) atoms. The number of amides is 1. The number of likely N-dealkylation sites (tertiary alicyclic amines) is 1. The molecule has 3 aliphatic carbocycles. The van der Waals surface area contributed by atoms with E-state index in [9.17, 15) is 14.4 Å². The van der Waals surface area contributed by atoms with Gasteiger partial charge < -0.3 is 19.9 Å². The summed E-state index contributed by atoms with van der Waals surface area (Å²) in [5, 5.41) is 18.2. The molecule has 3 heterocycles. The van der Waals surface area contributed by atoms with Gasteiger partial charge in [-0.05, 0) is 91.8 Å². The van der Waals surface area contributed by atoms with Crippen LogP contribution in [-0.2, 0) is 17.9 Å². The molecule has 1 amide bonds. The van der Waals surface area contributed by atoms with Crippen molar-refractivity contribution in [1.29, 1.82) is 5.26 Å². The molecule has 4 aromatic rings. The van der Waals surface area contributed by atoms with Gasteiger partial charge in [0.25, 0.3) is 0 Å². The van der Waals surface area contributed by atoms with Crippen molar-refractivity contribution in [2.75, 3.05) is 18.4 Å². The summed E-state index contributed by atoms with van der Waals surface area (Å²) in [7, 11) is 0. The first-order chi connectivity index (χ1) is 23.1. The SMILES string of the molecule is CCC(=O)NC12CC(CCn3c(C#N)cc4c(C)c(CN5CCC(Nc6ncncc6Oc6ccc(F)cc6Cl)CC5)ccc43)(C1)[C@@H]2C. The number of benzene rings is 2. The molecule has 4 fully saturated rings. The third kappa shape index (κ3) is 5.77. The number of ether oxygens (including phenoxy) is 1. The van der Waals surface area contributed by atoms with Gasteiger partial charge in [0.15, 0.2) is 11.6 Å². The van der Waals surface area contributed by atoms with Crippen LogP contribution in [0.25, 0.3) is 10.9 Å². The largest absolute Gasteiger partial charge is 0.450 e. The van der Waals surface area contributed by atoms with Gasteiger partial charge >= 0.3 is 0 Å². The molecule has 1 atom stereocenters. The summed E-state index contributed by atoms with van der Waals surface area (Å²) < 4.78 is 21.6. The maximum absolute atomic E-state index is 13.5. The van der Waals surface area contributed by atoms with Crippen molar-refractivity contribution in [3.63, 3.8) is 0 Å². The number of piperidine rings is 1. The lowest BCUT2D eigenvalue weighted by Crippen LogP contribution is -2.80. The van der Waals surface area contributed by atoms with E-state index in [2.05, 4.69) is 68.2 Å². The van der Waals surface area contributed by atoms with Crippen molar-refractivity contribution in [2.45, 2.75) is 84.0 Å². The summed E-state index contributed by atoms with van der Waals surface area (Å²) in [4.78, 5) is 23.0. The number of halogens is 2. The number of anilines is 1. The lowest BCUT2D eigenvalue weighted by Gasteiger charge is -2.76. The molecule has 9 nitrogen and oxygen atoms in total. The van der Waals surface area contributed by atoms with Gasteiger partial charge in [-0.25, -0.2) is 14.4 Å². The van der Waals surface area contributed by atoms with E-state index < -0.39 is 5.82 Å². The smallest absolute Gasteiger partial charge is 0.220 e. The molecule has 4 aliphatic rings. The van der Waals surface area contributed by atoms with Crippen LogP contribution in [0.1, 0.15) is 69.2 Å². The van der Waals surface area contributed by atoms with E-state index >= 15 is 0 Å². The van der Waals surface area contributed by atoms with E-state index in [4.69, 9.17) is 16.3 Å². The molecule has 11 heteroatoms. The molecule has 0 unspecified atom stereocenters. The maximum Gasteiger partial charge on any atom is 0.220 e. The summed E-state index contributed by atoms with van der Waals surface area (Å²) >= 11 is 6.17. The van der Waals surface area contributed by atoms with Crippen LogP contribution in [0.2, 0.25) is 5.02 Å². The predicted molar refractivity (Wildman–Crippen MR) is 183 cm³/mol. The Balaban J connectivity index is 0.966. The van der Waals surface area contributed by atoms with Gasteiger partial charge in [-0.1, -0.05) is 31.5 Å². The molecule has 2 aromatic carbocycles. The fourth-order valence-corrected chi connectivity index (χ4v) is 8.51. The third-order valence-corrected chi connectivity index (χ3v) is 11.6. The number of hydrogen-bond donors (Lipinski definition) is 2. The standard InChI is InChI=1S/C37H41ClFN7O2/c1-4-34(47)44-37-20-36(21-37,24(37)3)11-14-46-28(17-40)16-29-23(2)25(5-7-31(29)46)19-45-12-9-27(10-13-45)43-35-33(18-41-22-42-35)48-32-8-6-26(39)15-30(32)38/h5-8,15-16,18,22,24,27H,4,9-14,19-21H2,1-3H3,(H,44,47)(H,41,42,43)/t24-,36?,37?/m0/s1. The Bertz CT molecular complexity index is 1910. The minimum Gasteiger partial charge on any atom is -0.450 e. The Morgan fingerprint density at radius 1 is 1.19 bits per heavy atom. The number of fused-ring (bicyclic) bond motifs is 1. The van der Waals surface area contributed by atoms with Crippen LogP contribution in [0, 0.1) is 35.4 Å². The predicted octanol–water partition coefficient (Wildman–Crippen LogP) is 7.36. The highest BCUT2D eigenvalue weighted by molar-refractivity contribution is 6.32. The molecular formula is C37H41ClFN7O2. The average Bonchev–Trinajstić information content (AvgIpc) is 3.44. The number of aromatic nitrogens is 3. The molecule has 250 valence electrons. The number of nitrogens with one attached hydrogen (secondary N) is 2.